The standard InChI is InChI=1S/C13H21N3OS/c17-11-5-4-10(15-11)8-14-12-16-13(9-18-12)6-2-1-3-7-13/h10H,1-9H2,(H,14,16)(H,15,17). The van der Waals surface area contributed by atoms with Gasteiger partial charge in [0.25, 0.3) is 0 Å². The summed E-state index contributed by atoms with van der Waals surface area (Å²) in [5.41, 5.74) is 0.334. The molecular formula is C13H21N3OS. The largest absolute Gasteiger partial charge is 0.359 e. The van der Waals surface area contributed by atoms with E-state index in [4.69, 9.17) is 0 Å². The van der Waals surface area contributed by atoms with Crippen molar-refractivity contribution in [1.82, 2.24) is 10.6 Å². The van der Waals surface area contributed by atoms with Gasteiger partial charge in [0, 0.05) is 23.8 Å². The quantitative estimate of drug-likeness (QED) is 0.800. The van der Waals surface area contributed by atoms with Crippen molar-refractivity contribution in [2.45, 2.75) is 56.5 Å². The lowest BCUT2D eigenvalue weighted by molar-refractivity contribution is -0.119. The van der Waals surface area contributed by atoms with Crippen LogP contribution in [0.5, 0.6) is 0 Å². The van der Waals surface area contributed by atoms with E-state index in [1.54, 1.807) is 0 Å². The Morgan fingerprint density at radius 2 is 2.17 bits per heavy atom. The highest BCUT2D eigenvalue weighted by Crippen LogP contribution is 2.36. The fourth-order valence-corrected chi connectivity index (χ4v) is 4.32. The van der Waals surface area contributed by atoms with Crippen molar-refractivity contribution in [3.63, 3.8) is 0 Å². The Bertz CT molecular complexity index is 363. The molecule has 4 nitrogen and oxygen atoms in total. The second kappa shape index (κ2) is 5.11. The molecule has 2 N–H and O–H groups in total. The number of carbonyl (C=O) groups excluding carboxylic acids is 1. The maximum absolute atomic E-state index is 11.1. The van der Waals surface area contributed by atoms with Crippen LogP contribution in [0.15, 0.2) is 4.99 Å². The van der Waals surface area contributed by atoms with Gasteiger partial charge in [-0.15, -0.1) is 0 Å². The summed E-state index contributed by atoms with van der Waals surface area (Å²) in [6, 6.07) is 0.260. The Morgan fingerprint density at radius 3 is 2.89 bits per heavy atom. The van der Waals surface area contributed by atoms with Crippen molar-refractivity contribution in [3.8, 4) is 0 Å². The molecule has 100 valence electrons. The average Bonchev–Trinajstić information content (AvgIpc) is 2.96. The molecule has 2 heterocycles. The van der Waals surface area contributed by atoms with Gasteiger partial charge in [-0.3, -0.25) is 9.79 Å². The van der Waals surface area contributed by atoms with Crippen LogP contribution in [0.1, 0.15) is 44.9 Å². The van der Waals surface area contributed by atoms with Crippen LogP contribution in [0.2, 0.25) is 0 Å². The van der Waals surface area contributed by atoms with Gasteiger partial charge in [0.2, 0.25) is 5.91 Å². The van der Waals surface area contributed by atoms with Crippen LogP contribution in [0, 0.1) is 0 Å². The minimum Gasteiger partial charge on any atom is -0.359 e. The molecule has 0 radical (unpaired) electrons. The zero-order valence-electron chi connectivity index (χ0n) is 10.7. The van der Waals surface area contributed by atoms with Crippen LogP contribution < -0.4 is 10.6 Å². The van der Waals surface area contributed by atoms with E-state index in [0.29, 0.717) is 12.0 Å². The van der Waals surface area contributed by atoms with E-state index in [-0.39, 0.29) is 11.9 Å². The molecule has 1 amide bonds. The molecule has 0 aromatic rings. The van der Waals surface area contributed by atoms with E-state index in [0.717, 1.165) is 18.1 Å². The van der Waals surface area contributed by atoms with Gasteiger partial charge in [0.05, 0.1) is 6.54 Å². The highest BCUT2D eigenvalue weighted by molar-refractivity contribution is 8.14. The van der Waals surface area contributed by atoms with E-state index in [2.05, 4.69) is 15.6 Å². The van der Waals surface area contributed by atoms with Crippen molar-refractivity contribution < 1.29 is 4.79 Å². The normalized spacial score (nSPS) is 32.8. The maximum Gasteiger partial charge on any atom is 0.220 e. The van der Waals surface area contributed by atoms with Gasteiger partial charge in [-0.1, -0.05) is 31.0 Å². The monoisotopic (exact) mass is 267 g/mol. The fourth-order valence-electron chi connectivity index (χ4n) is 3.10. The van der Waals surface area contributed by atoms with Gasteiger partial charge in [-0.2, -0.15) is 0 Å². The summed E-state index contributed by atoms with van der Waals surface area (Å²) < 4.78 is 0. The molecule has 3 fully saturated rings. The third-order valence-corrected chi connectivity index (χ3v) is 5.41. The molecule has 0 aromatic carbocycles. The van der Waals surface area contributed by atoms with Crippen LogP contribution in [-0.2, 0) is 4.79 Å². The van der Waals surface area contributed by atoms with Crippen molar-refractivity contribution in [2.75, 3.05) is 12.3 Å². The first-order valence-corrected chi connectivity index (χ1v) is 7.99. The minimum absolute atomic E-state index is 0.177. The zero-order chi connectivity index (χ0) is 12.4. The number of rotatable bonds is 2. The Balaban J connectivity index is 1.53. The zero-order valence-corrected chi connectivity index (χ0v) is 11.5. The molecule has 1 atom stereocenters. The first kappa shape index (κ1) is 12.3. The second-order valence-corrected chi connectivity index (χ2v) is 6.67. The number of hydrogen-bond donors (Lipinski definition) is 2. The lowest BCUT2D eigenvalue weighted by Crippen LogP contribution is -2.45. The smallest absolute Gasteiger partial charge is 0.220 e. The maximum atomic E-state index is 11.1. The number of hydrogen-bond acceptors (Lipinski definition) is 3. The van der Waals surface area contributed by atoms with Crippen molar-refractivity contribution in [3.05, 3.63) is 0 Å². The van der Waals surface area contributed by atoms with E-state index in [1.165, 1.54) is 37.9 Å². The molecular weight excluding hydrogens is 246 g/mol. The molecule has 0 bridgehead atoms. The summed E-state index contributed by atoms with van der Waals surface area (Å²) in [6.07, 6.45) is 8.26. The van der Waals surface area contributed by atoms with Gasteiger partial charge in [0.1, 0.15) is 0 Å². The van der Waals surface area contributed by atoms with Crippen LogP contribution in [0.25, 0.3) is 0 Å². The summed E-state index contributed by atoms with van der Waals surface area (Å²) in [5, 5.41) is 7.70. The molecule has 0 aromatic heterocycles. The second-order valence-electron chi connectivity index (χ2n) is 5.70. The van der Waals surface area contributed by atoms with Crippen LogP contribution in [0.3, 0.4) is 0 Å². The minimum atomic E-state index is 0.177. The topological polar surface area (TPSA) is 53.5 Å². The summed E-state index contributed by atoms with van der Waals surface area (Å²) in [4.78, 5) is 15.8. The predicted molar refractivity (Wildman–Crippen MR) is 74.9 cm³/mol. The summed E-state index contributed by atoms with van der Waals surface area (Å²) in [7, 11) is 0. The third-order valence-electron chi connectivity index (χ3n) is 4.21. The average molecular weight is 267 g/mol. The van der Waals surface area contributed by atoms with Gasteiger partial charge in [0.15, 0.2) is 5.17 Å². The number of aliphatic imine (C=N–C) groups is 1. The van der Waals surface area contributed by atoms with Crippen molar-refractivity contribution >= 4 is 22.8 Å². The fraction of sp³-hybridized carbons (Fsp3) is 0.846. The lowest BCUT2D eigenvalue weighted by Gasteiger charge is -2.32. The SMILES string of the molecule is O=C1CCC(CN=C2NC3(CCCCC3)CS2)N1. The van der Waals surface area contributed by atoms with Gasteiger partial charge in [-0.25, -0.2) is 0 Å². The highest BCUT2D eigenvalue weighted by Gasteiger charge is 2.38. The molecule has 1 saturated carbocycles. The molecule has 5 heteroatoms. The molecule has 1 unspecified atom stereocenters. The van der Waals surface area contributed by atoms with Crippen LogP contribution in [0.4, 0.5) is 0 Å². The Hall–Kier alpha value is -0.710. The molecule has 18 heavy (non-hydrogen) atoms. The third kappa shape index (κ3) is 2.66. The predicted octanol–water partition coefficient (Wildman–Crippen LogP) is 1.66. The molecule has 1 spiro atoms. The van der Waals surface area contributed by atoms with E-state index in [1.807, 2.05) is 11.8 Å². The molecule has 1 aliphatic carbocycles. The summed E-state index contributed by atoms with van der Waals surface area (Å²) in [6.45, 7) is 0.733. The van der Waals surface area contributed by atoms with Gasteiger partial charge < -0.3 is 10.6 Å². The van der Waals surface area contributed by atoms with Crippen molar-refractivity contribution in [1.29, 1.82) is 0 Å². The van der Waals surface area contributed by atoms with Crippen LogP contribution >= 0.6 is 11.8 Å². The highest BCUT2D eigenvalue weighted by atomic mass is 32.2. The number of nitrogens with one attached hydrogen (secondary N) is 2. The Morgan fingerprint density at radius 1 is 1.33 bits per heavy atom. The summed E-state index contributed by atoms with van der Waals surface area (Å²) >= 11 is 1.86. The first-order valence-electron chi connectivity index (χ1n) is 7.01. The Kier molecular flexibility index (Phi) is 3.50. The molecule has 2 aliphatic heterocycles. The van der Waals surface area contributed by atoms with E-state index < -0.39 is 0 Å². The number of amidine groups is 1. The number of amides is 1. The van der Waals surface area contributed by atoms with Gasteiger partial charge in [-0.05, 0) is 19.3 Å². The number of nitrogens with zero attached hydrogens (tertiary/aromatic N) is 1. The van der Waals surface area contributed by atoms with Crippen LogP contribution in [-0.4, -0.2) is 35.0 Å². The Labute approximate surface area is 112 Å². The van der Waals surface area contributed by atoms with Gasteiger partial charge >= 0.3 is 0 Å². The van der Waals surface area contributed by atoms with Crippen molar-refractivity contribution in [2.24, 2.45) is 4.99 Å². The summed E-state index contributed by atoms with van der Waals surface area (Å²) in [5.74, 6) is 1.35. The number of carbonyl (C=O) groups is 1. The molecule has 3 rings (SSSR count). The number of thioether (sulfide) groups is 1. The lowest BCUT2D eigenvalue weighted by atomic mass is 9.83. The molecule has 3 aliphatic rings. The first-order chi connectivity index (χ1) is 8.76. The van der Waals surface area contributed by atoms with E-state index >= 15 is 0 Å². The van der Waals surface area contributed by atoms with E-state index in [9.17, 15) is 4.79 Å². The molecule has 2 saturated heterocycles.